The monoisotopic (exact) mass is 512 g/mol. The Balaban J connectivity index is 1.42. The van der Waals surface area contributed by atoms with E-state index >= 15 is 0 Å². The summed E-state index contributed by atoms with van der Waals surface area (Å²) in [5, 5.41) is 13.8. The van der Waals surface area contributed by atoms with Crippen LogP contribution in [0.1, 0.15) is 64.3 Å². The number of halogens is 1. The number of hydrogen-bond donors (Lipinski definition) is 2. The first-order valence-electron chi connectivity index (χ1n) is 12.7. The van der Waals surface area contributed by atoms with Crippen molar-refractivity contribution in [3.8, 4) is 11.3 Å². The number of carbonyl (C=O) groups is 2. The van der Waals surface area contributed by atoms with Crippen LogP contribution in [0.2, 0.25) is 5.02 Å². The summed E-state index contributed by atoms with van der Waals surface area (Å²) in [7, 11) is 0. The molecule has 1 aliphatic carbocycles. The van der Waals surface area contributed by atoms with Crippen LogP contribution in [0.5, 0.6) is 0 Å². The van der Waals surface area contributed by atoms with Crippen LogP contribution in [0.3, 0.4) is 0 Å². The minimum Gasteiger partial charge on any atom is -0.481 e. The number of pyridine rings is 1. The van der Waals surface area contributed by atoms with E-state index in [1.54, 1.807) is 0 Å². The largest absolute Gasteiger partial charge is 0.481 e. The zero-order chi connectivity index (χ0) is 25.9. The Morgan fingerprint density at radius 1 is 1.03 bits per heavy atom. The number of carbonyl (C=O) groups excluding carboxylic acids is 1. The van der Waals surface area contributed by atoms with Gasteiger partial charge in [-0.3, -0.25) is 9.59 Å². The summed E-state index contributed by atoms with van der Waals surface area (Å²) >= 11 is 6.13. The highest BCUT2D eigenvalue weighted by molar-refractivity contribution is 6.30. The van der Waals surface area contributed by atoms with Crippen LogP contribution in [-0.4, -0.2) is 22.0 Å². The van der Waals surface area contributed by atoms with E-state index < -0.39 is 5.97 Å². The Labute approximate surface area is 221 Å². The lowest BCUT2D eigenvalue weighted by Gasteiger charge is -2.15. The maximum absolute atomic E-state index is 13.2. The fourth-order valence-electron chi connectivity index (χ4n) is 5.08. The number of aliphatic carboxylic acids is 1. The van der Waals surface area contributed by atoms with Gasteiger partial charge in [-0.05, 0) is 92.1 Å². The number of carboxylic acids is 1. The molecule has 1 amide bonds. The van der Waals surface area contributed by atoms with Crippen LogP contribution in [-0.2, 0) is 17.6 Å². The molecule has 5 rings (SSSR count). The Morgan fingerprint density at radius 2 is 1.84 bits per heavy atom. The van der Waals surface area contributed by atoms with Gasteiger partial charge in [0.2, 0.25) is 0 Å². The van der Waals surface area contributed by atoms with Gasteiger partial charge >= 0.3 is 5.97 Å². The van der Waals surface area contributed by atoms with E-state index in [9.17, 15) is 9.59 Å². The quantitative estimate of drug-likeness (QED) is 0.247. The molecule has 0 radical (unpaired) electrons. The lowest BCUT2D eigenvalue weighted by Crippen LogP contribution is -2.27. The molecule has 2 N–H and O–H groups in total. The normalized spacial score (nSPS) is 14.5. The lowest BCUT2D eigenvalue weighted by molar-refractivity contribution is -0.137. The summed E-state index contributed by atoms with van der Waals surface area (Å²) in [6.45, 7) is 2.05. The SMILES string of the molecule is Cc1ccc(-c2nc3ccc(C(=O)N[C@H]4CCc5cc(Cl)ccc54)cc3cc2CCCCC(=O)O)cc1. The Bertz CT molecular complexity index is 1480. The van der Waals surface area contributed by atoms with Crippen LogP contribution in [0.4, 0.5) is 0 Å². The number of aromatic nitrogens is 1. The molecule has 188 valence electrons. The second-order valence-corrected chi connectivity index (χ2v) is 10.2. The van der Waals surface area contributed by atoms with Crippen molar-refractivity contribution in [3.63, 3.8) is 0 Å². The fourth-order valence-corrected chi connectivity index (χ4v) is 5.28. The van der Waals surface area contributed by atoms with Crippen molar-refractivity contribution in [2.75, 3.05) is 0 Å². The maximum Gasteiger partial charge on any atom is 0.303 e. The standard InChI is InChI=1S/C31H29ClN2O3/c1-19-6-8-20(9-7-19)30-22(4-2-3-5-29(35)36)16-24-17-23(11-14-27(24)33-30)31(37)34-28-15-10-21-18-25(32)12-13-26(21)28/h6-9,11-14,16-18,28H,2-5,10,15H2,1H3,(H,34,37)(H,35,36)/t28-/m0/s1. The van der Waals surface area contributed by atoms with Crippen LogP contribution in [0.15, 0.2) is 66.7 Å². The molecular weight excluding hydrogens is 484 g/mol. The average Bonchev–Trinajstić information content (AvgIpc) is 3.27. The molecule has 0 saturated carbocycles. The van der Waals surface area contributed by atoms with Crippen molar-refractivity contribution >= 4 is 34.4 Å². The molecule has 1 aromatic heterocycles. The van der Waals surface area contributed by atoms with Gasteiger partial charge in [-0.25, -0.2) is 4.98 Å². The van der Waals surface area contributed by atoms with Gasteiger partial charge in [0.1, 0.15) is 0 Å². The smallest absolute Gasteiger partial charge is 0.303 e. The second-order valence-electron chi connectivity index (χ2n) is 9.78. The van der Waals surface area contributed by atoms with Crippen LogP contribution in [0.25, 0.3) is 22.2 Å². The summed E-state index contributed by atoms with van der Waals surface area (Å²) in [6.07, 6.45) is 3.99. The van der Waals surface area contributed by atoms with Crippen molar-refractivity contribution in [1.82, 2.24) is 10.3 Å². The zero-order valence-corrected chi connectivity index (χ0v) is 21.5. The minimum absolute atomic E-state index is 0.0256. The first kappa shape index (κ1) is 25.0. The molecule has 0 fully saturated rings. The predicted octanol–water partition coefficient (Wildman–Crippen LogP) is 7.08. The number of benzene rings is 3. The zero-order valence-electron chi connectivity index (χ0n) is 20.8. The summed E-state index contributed by atoms with van der Waals surface area (Å²) in [5.74, 6) is -0.889. The third-order valence-corrected chi connectivity index (χ3v) is 7.29. The summed E-state index contributed by atoms with van der Waals surface area (Å²) < 4.78 is 0. The first-order chi connectivity index (χ1) is 17.9. The number of rotatable bonds is 8. The second kappa shape index (κ2) is 10.7. The maximum atomic E-state index is 13.2. The highest BCUT2D eigenvalue weighted by atomic mass is 35.5. The molecule has 1 aliphatic rings. The molecule has 4 aromatic rings. The number of carboxylic acid groups (broad SMARTS) is 1. The molecule has 0 spiro atoms. The molecule has 0 bridgehead atoms. The topological polar surface area (TPSA) is 79.3 Å². The van der Waals surface area contributed by atoms with Gasteiger partial charge in [0, 0.05) is 28.0 Å². The molecule has 1 heterocycles. The Hall–Kier alpha value is -3.70. The van der Waals surface area contributed by atoms with Gasteiger partial charge < -0.3 is 10.4 Å². The number of nitrogens with zero attached hydrogens (tertiary/aromatic N) is 1. The fraction of sp³-hybridized carbons (Fsp3) is 0.258. The van der Waals surface area contributed by atoms with E-state index in [1.165, 1.54) is 11.1 Å². The lowest BCUT2D eigenvalue weighted by atomic mass is 9.97. The number of unbranched alkanes of at least 4 members (excludes halogenated alkanes) is 1. The van der Waals surface area contributed by atoms with Crippen molar-refractivity contribution in [3.05, 3.63) is 99.6 Å². The minimum atomic E-state index is -0.779. The molecule has 1 atom stereocenters. The summed E-state index contributed by atoms with van der Waals surface area (Å²) in [6, 6.07) is 21.8. The van der Waals surface area contributed by atoms with Gasteiger partial charge in [-0.15, -0.1) is 0 Å². The van der Waals surface area contributed by atoms with Crippen molar-refractivity contribution < 1.29 is 14.7 Å². The molecule has 0 unspecified atom stereocenters. The van der Waals surface area contributed by atoms with Crippen LogP contribution in [0, 0.1) is 6.92 Å². The van der Waals surface area contributed by atoms with Gasteiger partial charge in [-0.2, -0.15) is 0 Å². The van der Waals surface area contributed by atoms with Gasteiger partial charge in [0.05, 0.1) is 17.3 Å². The predicted molar refractivity (Wildman–Crippen MR) is 147 cm³/mol. The third kappa shape index (κ3) is 5.67. The summed E-state index contributed by atoms with van der Waals surface area (Å²) in [4.78, 5) is 29.1. The number of amides is 1. The highest BCUT2D eigenvalue weighted by Gasteiger charge is 2.24. The van der Waals surface area contributed by atoms with E-state index in [-0.39, 0.29) is 18.4 Å². The molecule has 6 heteroatoms. The number of hydrogen-bond acceptors (Lipinski definition) is 3. The van der Waals surface area contributed by atoms with E-state index in [4.69, 9.17) is 21.7 Å². The molecule has 5 nitrogen and oxygen atoms in total. The van der Waals surface area contributed by atoms with Crippen molar-refractivity contribution in [2.45, 2.75) is 51.5 Å². The third-order valence-electron chi connectivity index (χ3n) is 7.06. The average molecular weight is 513 g/mol. The Morgan fingerprint density at radius 3 is 2.62 bits per heavy atom. The van der Waals surface area contributed by atoms with Crippen LogP contribution < -0.4 is 5.32 Å². The molecule has 37 heavy (non-hydrogen) atoms. The molecular formula is C31H29ClN2O3. The van der Waals surface area contributed by atoms with E-state index in [0.717, 1.165) is 64.0 Å². The molecule has 3 aromatic carbocycles. The van der Waals surface area contributed by atoms with Gasteiger partial charge in [-0.1, -0.05) is 47.5 Å². The molecule has 0 aliphatic heterocycles. The number of aryl methyl sites for hydroxylation is 3. The Kier molecular flexibility index (Phi) is 7.24. The summed E-state index contributed by atoms with van der Waals surface area (Å²) in [5.41, 5.74) is 7.91. The van der Waals surface area contributed by atoms with Crippen molar-refractivity contribution in [1.29, 1.82) is 0 Å². The first-order valence-corrected chi connectivity index (χ1v) is 13.1. The highest BCUT2D eigenvalue weighted by Crippen LogP contribution is 2.33. The molecule has 0 saturated heterocycles. The number of fused-ring (bicyclic) bond motifs is 2. The van der Waals surface area contributed by atoms with E-state index in [2.05, 4.69) is 42.6 Å². The number of nitrogens with one attached hydrogen (secondary N) is 1. The van der Waals surface area contributed by atoms with Gasteiger partial charge in [0.25, 0.3) is 5.91 Å². The van der Waals surface area contributed by atoms with E-state index in [1.807, 2.05) is 36.4 Å². The van der Waals surface area contributed by atoms with E-state index in [0.29, 0.717) is 12.0 Å². The van der Waals surface area contributed by atoms with Crippen LogP contribution >= 0.6 is 11.6 Å². The van der Waals surface area contributed by atoms with Gasteiger partial charge in [0.15, 0.2) is 0 Å². The van der Waals surface area contributed by atoms with Crippen molar-refractivity contribution in [2.24, 2.45) is 0 Å².